The molecule has 0 spiro atoms. The SMILES string of the molecule is Cc1noc(C)c1-c1nc(Nc2ccc(C(F)(F)F)cc2)c2nc(N)sc2n1. The van der Waals surface area contributed by atoms with E-state index in [0.29, 0.717) is 49.8 Å². The molecule has 0 aliphatic rings. The summed E-state index contributed by atoms with van der Waals surface area (Å²) in [5.74, 6) is 1.24. The molecule has 0 unspecified atom stereocenters. The second-order valence-corrected chi connectivity index (χ2v) is 7.01. The summed E-state index contributed by atoms with van der Waals surface area (Å²) < 4.78 is 43.5. The van der Waals surface area contributed by atoms with Gasteiger partial charge in [0.1, 0.15) is 11.3 Å². The van der Waals surface area contributed by atoms with Gasteiger partial charge in [0, 0.05) is 5.69 Å². The Hall–Kier alpha value is -3.21. The lowest BCUT2D eigenvalue weighted by atomic mass is 10.2. The Morgan fingerprint density at radius 2 is 1.79 bits per heavy atom. The summed E-state index contributed by atoms with van der Waals surface area (Å²) in [4.78, 5) is 13.7. The number of alkyl halides is 3. The highest BCUT2D eigenvalue weighted by Crippen LogP contribution is 2.34. The molecule has 0 aliphatic heterocycles. The van der Waals surface area contributed by atoms with Gasteiger partial charge in [-0.15, -0.1) is 0 Å². The number of nitrogens with two attached hydrogens (primary N) is 1. The number of aryl methyl sites for hydroxylation is 2. The molecule has 28 heavy (non-hydrogen) atoms. The number of aromatic nitrogens is 4. The maximum Gasteiger partial charge on any atom is 0.416 e. The quantitative estimate of drug-likeness (QED) is 0.508. The summed E-state index contributed by atoms with van der Waals surface area (Å²) in [6, 6.07) is 4.63. The van der Waals surface area contributed by atoms with Gasteiger partial charge in [-0.05, 0) is 38.1 Å². The van der Waals surface area contributed by atoms with E-state index < -0.39 is 11.7 Å². The van der Waals surface area contributed by atoms with E-state index in [0.717, 1.165) is 12.1 Å². The standard InChI is InChI=1S/C17H13F3N6OS/c1-7-11(8(2)27-26-7)13-24-14(12-15(25-13)28-16(21)23-12)22-10-5-3-9(4-6-10)17(18,19)20/h3-6H,1-2H3,(H2,21,23)(H,22,24,25). The first-order valence-corrected chi connectivity index (χ1v) is 8.85. The fourth-order valence-corrected chi connectivity index (χ4v) is 3.42. The van der Waals surface area contributed by atoms with Gasteiger partial charge < -0.3 is 15.6 Å². The van der Waals surface area contributed by atoms with Crippen LogP contribution in [0.1, 0.15) is 17.0 Å². The van der Waals surface area contributed by atoms with Gasteiger partial charge in [-0.25, -0.2) is 15.0 Å². The summed E-state index contributed by atoms with van der Waals surface area (Å²) in [5.41, 5.74) is 7.18. The van der Waals surface area contributed by atoms with Crippen molar-refractivity contribution in [1.82, 2.24) is 20.1 Å². The van der Waals surface area contributed by atoms with Crippen molar-refractivity contribution >= 4 is 38.3 Å². The summed E-state index contributed by atoms with van der Waals surface area (Å²) in [7, 11) is 0. The molecule has 0 fully saturated rings. The van der Waals surface area contributed by atoms with Crippen LogP contribution in [0.2, 0.25) is 0 Å². The molecule has 0 bridgehead atoms. The van der Waals surface area contributed by atoms with Crippen molar-refractivity contribution in [3.8, 4) is 11.4 Å². The highest BCUT2D eigenvalue weighted by atomic mass is 32.1. The molecule has 144 valence electrons. The molecule has 1 aromatic carbocycles. The van der Waals surface area contributed by atoms with Gasteiger partial charge in [-0.1, -0.05) is 16.5 Å². The average molecular weight is 406 g/mol. The molecule has 0 aliphatic carbocycles. The number of nitrogen functional groups attached to an aromatic ring is 1. The summed E-state index contributed by atoms with van der Waals surface area (Å²) in [6.07, 6.45) is -4.40. The predicted molar refractivity (Wildman–Crippen MR) is 99.3 cm³/mol. The number of nitrogens with zero attached hydrogens (tertiary/aromatic N) is 4. The van der Waals surface area contributed by atoms with Crippen LogP contribution in [0.5, 0.6) is 0 Å². The molecular weight excluding hydrogens is 393 g/mol. The van der Waals surface area contributed by atoms with E-state index in [1.165, 1.54) is 23.5 Å². The first-order valence-electron chi connectivity index (χ1n) is 8.04. The zero-order valence-electron chi connectivity index (χ0n) is 14.6. The number of thiazole rings is 1. The van der Waals surface area contributed by atoms with E-state index >= 15 is 0 Å². The Balaban J connectivity index is 1.80. The zero-order valence-corrected chi connectivity index (χ0v) is 15.4. The molecule has 0 atom stereocenters. The lowest BCUT2D eigenvalue weighted by Crippen LogP contribution is -2.05. The van der Waals surface area contributed by atoms with E-state index in [2.05, 4.69) is 25.4 Å². The molecule has 4 aromatic rings. The number of fused-ring (bicyclic) bond motifs is 1. The lowest BCUT2D eigenvalue weighted by molar-refractivity contribution is -0.137. The minimum atomic E-state index is -4.40. The topological polar surface area (TPSA) is 103 Å². The average Bonchev–Trinajstić information content (AvgIpc) is 3.16. The Morgan fingerprint density at radius 1 is 1.07 bits per heavy atom. The Labute approximate surface area is 160 Å². The molecule has 4 rings (SSSR count). The summed E-state index contributed by atoms with van der Waals surface area (Å²) >= 11 is 1.18. The van der Waals surface area contributed by atoms with Gasteiger partial charge in [-0.3, -0.25) is 0 Å². The molecule has 3 heterocycles. The van der Waals surface area contributed by atoms with Crippen molar-refractivity contribution in [3.63, 3.8) is 0 Å². The largest absolute Gasteiger partial charge is 0.416 e. The third kappa shape index (κ3) is 3.24. The summed E-state index contributed by atoms with van der Waals surface area (Å²) in [6.45, 7) is 3.51. The zero-order chi connectivity index (χ0) is 20.1. The van der Waals surface area contributed by atoms with E-state index in [1.807, 2.05) is 0 Å². The van der Waals surface area contributed by atoms with Crippen molar-refractivity contribution in [2.75, 3.05) is 11.1 Å². The van der Waals surface area contributed by atoms with Crippen LogP contribution in [0.15, 0.2) is 28.8 Å². The molecular formula is C17H13F3N6OS. The fraction of sp³-hybridized carbons (Fsp3) is 0.176. The lowest BCUT2D eigenvalue weighted by Gasteiger charge is -2.10. The van der Waals surface area contributed by atoms with E-state index in [9.17, 15) is 13.2 Å². The first-order chi connectivity index (χ1) is 13.2. The number of benzene rings is 1. The number of hydrogen-bond acceptors (Lipinski definition) is 8. The molecule has 0 saturated heterocycles. The highest BCUT2D eigenvalue weighted by molar-refractivity contribution is 7.21. The molecule has 3 N–H and O–H groups in total. The van der Waals surface area contributed by atoms with Crippen LogP contribution < -0.4 is 11.1 Å². The number of halogens is 3. The molecule has 0 saturated carbocycles. The van der Waals surface area contributed by atoms with Gasteiger partial charge in [0.15, 0.2) is 21.6 Å². The molecule has 7 nitrogen and oxygen atoms in total. The first kappa shape index (κ1) is 18.2. The second-order valence-electron chi connectivity index (χ2n) is 6.00. The minimum Gasteiger partial charge on any atom is -0.375 e. The van der Waals surface area contributed by atoms with Crippen LogP contribution in [0.3, 0.4) is 0 Å². The second kappa shape index (κ2) is 6.44. The van der Waals surface area contributed by atoms with E-state index in [1.54, 1.807) is 13.8 Å². The van der Waals surface area contributed by atoms with Crippen LogP contribution in [-0.4, -0.2) is 20.1 Å². The van der Waals surface area contributed by atoms with Crippen molar-refractivity contribution in [3.05, 3.63) is 41.3 Å². The number of nitrogens with one attached hydrogen (secondary N) is 1. The number of anilines is 3. The van der Waals surface area contributed by atoms with Crippen molar-refractivity contribution < 1.29 is 17.7 Å². The molecule has 11 heteroatoms. The van der Waals surface area contributed by atoms with Crippen molar-refractivity contribution in [2.24, 2.45) is 0 Å². The third-order valence-electron chi connectivity index (χ3n) is 4.01. The Kier molecular flexibility index (Phi) is 4.18. The van der Waals surface area contributed by atoms with Gasteiger partial charge >= 0.3 is 6.18 Å². The number of rotatable bonds is 3. The van der Waals surface area contributed by atoms with Crippen LogP contribution >= 0.6 is 11.3 Å². The fourth-order valence-electron chi connectivity index (χ4n) is 2.72. The smallest absolute Gasteiger partial charge is 0.375 e. The van der Waals surface area contributed by atoms with E-state index in [4.69, 9.17) is 10.3 Å². The van der Waals surface area contributed by atoms with Gasteiger partial charge in [-0.2, -0.15) is 13.2 Å². The van der Waals surface area contributed by atoms with Crippen LogP contribution in [0, 0.1) is 13.8 Å². The monoisotopic (exact) mass is 406 g/mol. The van der Waals surface area contributed by atoms with Crippen molar-refractivity contribution in [1.29, 1.82) is 0 Å². The van der Waals surface area contributed by atoms with Crippen LogP contribution in [0.25, 0.3) is 21.7 Å². The predicted octanol–water partition coefficient (Wildman–Crippen LogP) is 4.70. The maximum atomic E-state index is 12.8. The van der Waals surface area contributed by atoms with E-state index in [-0.39, 0.29) is 0 Å². The van der Waals surface area contributed by atoms with Gasteiger partial charge in [0.25, 0.3) is 0 Å². The van der Waals surface area contributed by atoms with Crippen LogP contribution in [-0.2, 0) is 6.18 Å². The Morgan fingerprint density at radius 3 is 2.39 bits per heavy atom. The number of hydrogen-bond donors (Lipinski definition) is 2. The maximum absolute atomic E-state index is 12.8. The molecule has 0 radical (unpaired) electrons. The summed E-state index contributed by atoms with van der Waals surface area (Å²) in [5, 5.41) is 7.21. The third-order valence-corrected chi connectivity index (χ3v) is 4.79. The highest BCUT2D eigenvalue weighted by Gasteiger charge is 2.30. The molecule has 3 aromatic heterocycles. The Bertz CT molecular complexity index is 1150. The normalized spacial score (nSPS) is 11.9. The minimum absolute atomic E-state index is 0.302. The van der Waals surface area contributed by atoms with Crippen molar-refractivity contribution in [2.45, 2.75) is 20.0 Å². The van der Waals surface area contributed by atoms with Crippen LogP contribution in [0.4, 0.5) is 29.8 Å². The van der Waals surface area contributed by atoms with Gasteiger partial charge in [0.2, 0.25) is 0 Å². The van der Waals surface area contributed by atoms with Gasteiger partial charge in [0.05, 0.1) is 16.8 Å². The molecule has 0 amide bonds.